The van der Waals surface area contributed by atoms with E-state index in [0.29, 0.717) is 12.0 Å². The van der Waals surface area contributed by atoms with Crippen LogP contribution in [-0.4, -0.2) is 27.6 Å². The molecule has 2 aromatic rings. The van der Waals surface area contributed by atoms with Crippen molar-refractivity contribution in [2.75, 3.05) is 7.05 Å². The molecule has 1 atom stereocenters. The van der Waals surface area contributed by atoms with E-state index in [0.717, 1.165) is 16.7 Å². The van der Waals surface area contributed by atoms with Gasteiger partial charge in [-0.15, -0.1) is 0 Å². The minimum Gasteiger partial charge on any atom is -0.335 e. The van der Waals surface area contributed by atoms with Gasteiger partial charge in [0, 0.05) is 37.8 Å². The van der Waals surface area contributed by atoms with Crippen LogP contribution in [0.2, 0.25) is 0 Å². The zero-order chi connectivity index (χ0) is 15.1. The molecule has 1 amide bonds. The Labute approximate surface area is 122 Å². The van der Waals surface area contributed by atoms with Crippen molar-refractivity contribution in [3.05, 3.63) is 54.1 Å². The first-order valence-electron chi connectivity index (χ1n) is 6.71. The second-order valence-corrected chi connectivity index (χ2v) is 5.37. The Balaban J connectivity index is 2.11. The molecule has 4 nitrogen and oxygen atoms in total. The molecule has 2 heterocycles. The molecule has 1 fully saturated rings. The molecule has 3 rings (SSSR count). The first kappa shape index (κ1) is 13.5. The second-order valence-electron chi connectivity index (χ2n) is 5.37. The maximum absolute atomic E-state index is 13.7. The molecule has 1 aromatic carbocycles. The van der Waals surface area contributed by atoms with E-state index in [4.69, 9.17) is 0 Å². The quantitative estimate of drug-likeness (QED) is 0.796. The summed E-state index contributed by atoms with van der Waals surface area (Å²) in [5.74, 6) is -0.357. The summed E-state index contributed by atoms with van der Waals surface area (Å²) in [6.45, 7) is 3.80. The third kappa shape index (κ3) is 2.24. The van der Waals surface area contributed by atoms with Gasteiger partial charge in [0.05, 0.1) is 12.2 Å². The van der Waals surface area contributed by atoms with E-state index >= 15 is 0 Å². The van der Waals surface area contributed by atoms with Gasteiger partial charge in [-0.05, 0) is 23.3 Å². The van der Waals surface area contributed by atoms with Gasteiger partial charge in [0.2, 0.25) is 5.91 Å². The highest BCUT2D eigenvalue weighted by atomic mass is 19.1. The number of hydrogen-bond acceptors (Lipinski definition) is 2. The van der Waals surface area contributed by atoms with E-state index < -0.39 is 0 Å². The van der Waals surface area contributed by atoms with E-state index in [1.807, 2.05) is 13.2 Å². The summed E-state index contributed by atoms with van der Waals surface area (Å²) in [7, 11) is 3.57. The summed E-state index contributed by atoms with van der Waals surface area (Å²) < 4.78 is 15.3. The van der Waals surface area contributed by atoms with Gasteiger partial charge in [-0.2, -0.15) is 5.10 Å². The third-order valence-corrected chi connectivity index (χ3v) is 3.92. The van der Waals surface area contributed by atoms with Crippen LogP contribution < -0.4 is 0 Å². The maximum Gasteiger partial charge on any atom is 0.249 e. The lowest BCUT2D eigenvalue weighted by Crippen LogP contribution is -2.23. The number of likely N-dealkylation sites (N-methyl/N-ethyl adjacent to an activating group) is 1. The van der Waals surface area contributed by atoms with Crippen LogP contribution in [0.3, 0.4) is 0 Å². The van der Waals surface area contributed by atoms with Gasteiger partial charge in [0.15, 0.2) is 0 Å². The molecular formula is C16H16FN3O. The van der Waals surface area contributed by atoms with Crippen molar-refractivity contribution in [3.63, 3.8) is 0 Å². The fourth-order valence-corrected chi connectivity index (χ4v) is 2.80. The molecule has 0 spiro atoms. The number of carbonyl (C=O) groups is 1. The summed E-state index contributed by atoms with van der Waals surface area (Å²) in [6, 6.07) is 4.55. The molecule has 108 valence electrons. The zero-order valence-corrected chi connectivity index (χ0v) is 12.0. The molecule has 0 N–H and O–H groups in total. The number of rotatable bonds is 2. The molecule has 0 aliphatic carbocycles. The number of aryl methyl sites for hydroxylation is 1. The molecular weight excluding hydrogens is 269 g/mol. The van der Waals surface area contributed by atoms with Crippen LogP contribution in [-0.2, 0) is 11.8 Å². The van der Waals surface area contributed by atoms with Crippen molar-refractivity contribution >= 4 is 5.91 Å². The molecule has 5 heteroatoms. The SMILES string of the molecule is C=C1CC(c2ccc(F)cc2-c2cnn(C)c2)N(C)C1=O. The Bertz CT molecular complexity index is 735. The molecule has 1 aromatic heterocycles. The predicted octanol–water partition coefficient (Wildman–Crippen LogP) is 2.69. The maximum atomic E-state index is 13.7. The first-order valence-corrected chi connectivity index (χ1v) is 6.71. The Kier molecular flexibility index (Phi) is 3.12. The van der Waals surface area contributed by atoms with Crippen LogP contribution in [0.1, 0.15) is 18.0 Å². The van der Waals surface area contributed by atoms with Crippen LogP contribution >= 0.6 is 0 Å². The van der Waals surface area contributed by atoms with E-state index in [-0.39, 0.29) is 17.8 Å². The summed E-state index contributed by atoms with van der Waals surface area (Å²) >= 11 is 0. The van der Waals surface area contributed by atoms with Crippen LogP contribution in [0.4, 0.5) is 4.39 Å². The molecule has 1 aliphatic rings. The van der Waals surface area contributed by atoms with Crippen molar-refractivity contribution in [2.24, 2.45) is 7.05 Å². The number of likely N-dealkylation sites (tertiary alicyclic amines) is 1. The largest absolute Gasteiger partial charge is 0.335 e. The summed E-state index contributed by atoms with van der Waals surface area (Å²) in [5, 5.41) is 4.14. The van der Waals surface area contributed by atoms with Crippen LogP contribution in [0, 0.1) is 5.82 Å². The van der Waals surface area contributed by atoms with Gasteiger partial charge >= 0.3 is 0 Å². The lowest BCUT2D eigenvalue weighted by atomic mass is 9.94. The monoisotopic (exact) mass is 285 g/mol. The van der Waals surface area contributed by atoms with Crippen molar-refractivity contribution in [3.8, 4) is 11.1 Å². The number of nitrogens with zero attached hydrogens (tertiary/aromatic N) is 3. The average molecular weight is 285 g/mol. The number of carbonyl (C=O) groups excluding carboxylic acids is 1. The molecule has 0 bridgehead atoms. The molecule has 1 unspecified atom stereocenters. The second kappa shape index (κ2) is 4.84. The third-order valence-electron chi connectivity index (χ3n) is 3.92. The van der Waals surface area contributed by atoms with Gasteiger partial charge in [0.25, 0.3) is 0 Å². The highest BCUT2D eigenvalue weighted by Crippen LogP contribution is 2.39. The number of benzene rings is 1. The zero-order valence-electron chi connectivity index (χ0n) is 12.0. The highest BCUT2D eigenvalue weighted by molar-refractivity contribution is 5.95. The lowest BCUT2D eigenvalue weighted by molar-refractivity contribution is -0.124. The van der Waals surface area contributed by atoms with Crippen molar-refractivity contribution in [1.82, 2.24) is 14.7 Å². The van der Waals surface area contributed by atoms with Crippen molar-refractivity contribution in [1.29, 1.82) is 0 Å². The fraction of sp³-hybridized carbons (Fsp3) is 0.250. The van der Waals surface area contributed by atoms with Gasteiger partial charge < -0.3 is 4.90 Å². The number of halogens is 1. The molecule has 1 saturated heterocycles. The summed E-state index contributed by atoms with van der Waals surface area (Å²) in [4.78, 5) is 13.6. The Morgan fingerprint density at radius 3 is 2.71 bits per heavy atom. The predicted molar refractivity (Wildman–Crippen MR) is 77.9 cm³/mol. The summed E-state index contributed by atoms with van der Waals surface area (Å²) in [5.41, 5.74) is 3.11. The minimum absolute atomic E-state index is 0.0542. The minimum atomic E-state index is -0.302. The van der Waals surface area contributed by atoms with Gasteiger partial charge in [0.1, 0.15) is 5.82 Å². The first-order chi connectivity index (χ1) is 9.97. The average Bonchev–Trinajstić information content (AvgIpc) is 2.98. The molecule has 21 heavy (non-hydrogen) atoms. The fourth-order valence-electron chi connectivity index (χ4n) is 2.80. The Morgan fingerprint density at radius 2 is 2.14 bits per heavy atom. The van der Waals surface area contributed by atoms with E-state index in [1.165, 1.54) is 12.1 Å². The summed E-state index contributed by atoms with van der Waals surface area (Å²) in [6.07, 6.45) is 4.10. The van der Waals surface area contributed by atoms with Crippen LogP contribution in [0.15, 0.2) is 42.7 Å². The number of amides is 1. The standard InChI is InChI=1S/C16H16FN3O/c1-10-6-15(20(3)16(10)21)13-5-4-12(17)7-14(13)11-8-18-19(2)9-11/h4-5,7-9,15H,1,6H2,2-3H3. The van der Waals surface area contributed by atoms with Gasteiger partial charge in [-0.1, -0.05) is 12.6 Å². The van der Waals surface area contributed by atoms with Gasteiger partial charge in [-0.25, -0.2) is 4.39 Å². The van der Waals surface area contributed by atoms with Crippen molar-refractivity contribution < 1.29 is 9.18 Å². The number of aromatic nitrogens is 2. The van der Waals surface area contributed by atoms with E-state index in [9.17, 15) is 9.18 Å². The molecule has 0 radical (unpaired) electrons. The van der Waals surface area contributed by atoms with Crippen LogP contribution in [0.25, 0.3) is 11.1 Å². The molecule has 1 aliphatic heterocycles. The smallest absolute Gasteiger partial charge is 0.249 e. The number of hydrogen-bond donors (Lipinski definition) is 0. The Morgan fingerprint density at radius 1 is 1.38 bits per heavy atom. The highest BCUT2D eigenvalue weighted by Gasteiger charge is 2.33. The lowest BCUT2D eigenvalue weighted by Gasteiger charge is -2.22. The van der Waals surface area contributed by atoms with E-state index in [2.05, 4.69) is 11.7 Å². The van der Waals surface area contributed by atoms with Crippen LogP contribution in [0.5, 0.6) is 0 Å². The van der Waals surface area contributed by atoms with Crippen molar-refractivity contribution in [2.45, 2.75) is 12.5 Å². The normalized spacial score (nSPS) is 18.6. The topological polar surface area (TPSA) is 38.1 Å². The van der Waals surface area contributed by atoms with Gasteiger partial charge in [-0.3, -0.25) is 9.48 Å². The molecule has 0 saturated carbocycles. The van der Waals surface area contributed by atoms with E-state index in [1.54, 1.807) is 28.9 Å². The Hall–Kier alpha value is -2.43.